The zero-order valence-electron chi connectivity index (χ0n) is 31.5. The Kier molecular flexibility index (Phi) is 12.6. The van der Waals surface area contributed by atoms with Crippen molar-refractivity contribution in [2.75, 3.05) is 29.0 Å². The molecule has 4 heterocycles. The molecule has 292 valence electrons. The second-order valence-electron chi connectivity index (χ2n) is 13.4. The fourth-order valence-electron chi connectivity index (χ4n) is 6.37. The van der Waals surface area contributed by atoms with Crippen molar-refractivity contribution in [1.82, 2.24) is 25.1 Å². The van der Waals surface area contributed by atoms with Crippen molar-refractivity contribution in [3.8, 4) is 5.00 Å². The molecule has 0 saturated heterocycles. The number of anilines is 3. The summed E-state index contributed by atoms with van der Waals surface area (Å²) in [7, 11) is 0. The van der Waals surface area contributed by atoms with E-state index in [4.69, 9.17) is 16.6 Å². The summed E-state index contributed by atoms with van der Waals surface area (Å²) >= 11 is 8.65. The number of aryl methyl sites for hydroxylation is 3. The number of rotatable bonds is 15. The molecule has 0 fully saturated rings. The van der Waals surface area contributed by atoms with Gasteiger partial charge in [-0.1, -0.05) is 36.6 Å². The third kappa shape index (κ3) is 9.12. The van der Waals surface area contributed by atoms with Gasteiger partial charge in [0.25, 0.3) is 5.91 Å². The number of carbonyl (C=O) groups excluding carboxylic acids is 3. The molecule has 56 heavy (non-hydrogen) atoms. The molecule has 18 heteroatoms. The molecule has 4 N–H and O–H groups in total. The normalized spacial score (nSPS) is 13.2. The van der Waals surface area contributed by atoms with Crippen LogP contribution >= 0.6 is 34.3 Å². The van der Waals surface area contributed by atoms with Crippen LogP contribution in [-0.4, -0.2) is 61.2 Å². The third-order valence-corrected chi connectivity index (χ3v) is 11.7. The molecule has 0 radical (unpaired) electrons. The van der Waals surface area contributed by atoms with Crippen molar-refractivity contribution in [3.63, 3.8) is 0 Å². The summed E-state index contributed by atoms with van der Waals surface area (Å²) in [5.74, 6) is 0.353. The van der Waals surface area contributed by atoms with E-state index in [9.17, 15) is 24.5 Å². The number of halogens is 1. The van der Waals surface area contributed by atoms with Crippen LogP contribution in [0.2, 0.25) is 5.02 Å². The van der Waals surface area contributed by atoms with E-state index in [2.05, 4.69) is 50.3 Å². The number of thiazole rings is 1. The molecule has 0 unspecified atom stereocenters. The summed E-state index contributed by atoms with van der Waals surface area (Å²) in [5, 5.41) is 33.3. The van der Waals surface area contributed by atoms with Crippen molar-refractivity contribution in [1.29, 1.82) is 0 Å². The minimum absolute atomic E-state index is 0.0930. The maximum Gasteiger partial charge on any atom is 0.348 e. The number of hydrogen-bond donors (Lipinski definition) is 4. The Morgan fingerprint density at radius 3 is 2.38 bits per heavy atom. The molecule has 0 bridgehead atoms. The van der Waals surface area contributed by atoms with E-state index < -0.39 is 16.9 Å². The summed E-state index contributed by atoms with van der Waals surface area (Å²) in [6, 6.07) is 12.0. The first-order chi connectivity index (χ1) is 26.8. The van der Waals surface area contributed by atoms with Crippen LogP contribution < -0.4 is 21.3 Å². The molecule has 15 nitrogen and oxygen atoms in total. The quantitative estimate of drug-likeness (QED) is 0.0462. The van der Waals surface area contributed by atoms with Crippen LogP contribution in [0, 0.1) is 37.8 Å². The fourth-order valence-corrected chi connectivity index (χ4v) is 8.48. The predicted octanol–water partition coefficient (Wildman–Crippen LogP) is 7.86. The number of aromatic nitrogens is 4. The van der Waals surface area contributed by atoms with Gasteiger partial charge in [-0.3, -0.25) is 39.4 Å². The van der Waals surface area contributed by atoms with Crippen LogP contribution in [0.15, 0.2) is 47.5 Å². The van der Waals surface area contributed by atoms with Crippen molar-refractivity contribution in [3.05, 3.63) is 102 Å². The van der Waals surface area contributed by atoms with Crippen molar-refractivity contribution >= 4 is 79.2 Å². The molecule has 1 aliphatic rings. The molecule has 6 rings (SSSR count). The van der Waals surface area contributed by atoms with Crippen molar-refractivity contribution < 1.29 is 19.3 Å². The Morgan fingerprint density at radius 2 is 1.68 bits per heavy atom. The number of carbonyl (C=O) groups is 3. The average Bonchev–Trinajstić information content (AvgIpc) is 3.78. The van der Waals surface area contributed by atoms with Crippen LogP contribution in [0.25, 0.3) is 5.00 Å². The predicted molar refractivity (Wildman–Crippen MR) is 220 cm³/mol. The van der Waals surface area contributed by atoms with E-state index in [1.807, 2.05) is 35.8 Å². The van der Waals surface area contributed by atoms with Gasteiger partial charge in [0, 0.05) is 46.7 Å². The number of thiophene rings is 1. The SMILES string of the molecule is CC(=O)Nc1cc(NCCCCCCNC(=O)C[C@@H]2N=C(c3ccc(Cl)cc3)c3c(sc(C)c3C)-n3c(C)nnc32)ccc1C(=O)Nc1nc(C)c([N+](=O)[O-])s1. The summed E-state index contributed by atoms with van der Waals surface area (Å²) in [4.78, 5) is 59.3. The zero-order valence-corrected chi connectivity index (χ0v) is 33.9. The minimum Gasteiger partial charge on any atom is -0.385 e. The van der Waals surface area contributed by atoms with E-state index in [0.29, 0.717) is 35.3 Å². The van der Waals surface area contributed by atoms with Gasteiger partial charge in [0.1, 0.15) is 22.6 Å². The molecule has 3 aromatic heterocycles. The fraction of sp³-hybridized carbons (Fsp3) is 0.342. The van der Waals surface area contributed by atoms with Gasteiger partial charge in [-0.2, -0.15) is 0 Å². The largest absolute Gasteiger partial charge is 0.385 e. The lowest BCUT2D eigenvalue weighted by Crippen LogP contribution is -2.26. The molecule has 0 saturated carbocycles. The average molecular weight is 817 g/mol. The zero-order chi connectivity index (χ0) is 40.1. The lowest BCUT2D eigenvalue weighted by Gasteiger charge is -2.13. The number of aliphatic imine (C=N–C) groups is 1. The lowest BCUT2D eigenvalue weighted by atomic mass is 9.99. The molecule has 0 spiro atoms. The van der Waals surface area contributed by atoms with E-state index >= 15 is 0 Å². The second kappa shape index (κ2) is 17.5. The van der Waals surface area contributed by atoms with Gasteiger partial charge in [-0.15, -0.1) is 21.5 Å². The maximum absolute atomic E-state index is 13.3. The van der Waals surface area contributed by atoms with Crippen LogP contribution in [-0.2, 0) is 9.59 Å². The highest BCUT2D eigenvalue weighted by Crippen LogP contribution is 2.39. The van der Waals surface area contributed by atoms with E-state index in [-0.39, 0.29) is 39.6 Å². The van der Waals surface area contributed by atoms with Gasteiger partial charge in [0.05, 0.1) is 28.3 Å². The highest BCUT2D eigenvalue weighted by atomic mass is 35.5. The Bertz CT molecular complexity index is 2330. The summed E-state index contributed by atoms with van der Waals surface area (Å²) in [6.45, 7) is 10.1. The number of unbranched alkanes of at least 4 members (excludes halogenated alkanes) is 3. The minimum atomic E-state index is -0.555. The lowest BCUT2D eigenvalue weighted by molar-refractivity contribution is -0.380. The molecule has 3 amide bonds. The molecular formula is C38H41ClN10O5S2. The highest BCUT2D eigenvalue weighted by Gasteiger charge is 2.32. The molecule has 1 aliphatic heterocycles. The number of nitro groups is 1. The Hall–Kier alpha value is -5.52. The van der Waals surface area contributed by atoms with Gasteiger partial charge in [0.15, 0.2) is 11.0 Å². The van der Waals surface area contributed by atoms with E-state index in [0.717, 1.165) is 70.2 Å². The second-order valence-corrected chi connectivity index (χ2v) is 16.0. The maximum atomic E-state index is 13.3. The molecule has 5 aromatic rings. The highest BCUT2D eigenvalue weighted by molar-refractivity contribution is 7.19. The first kappa shape index (κ1) is 40.2. The van der Waals surface area contributed by atoms with Crippen molar-refractivity contribution in [2.24, 2.45) is 4.99 Å². The topological polar surface area (TPSA) is 198 Å². The van der Waals surface area contributed by atoms with E-state index in [1.54, 1.807) is 29.5 Å². The smallest absolute Gasteiger partial charge is 0.348 e. The van der Waals surface area contributed by atoms with E-state index in [1.165, 1.54) is 18.7 Å². The number of nitrogens with one attached hydrogen (secondary N) is 4. The van der Waals surface area contributed by atoms with Gasteiger partial charge < -0.3 is 16.0 Å². The summed E-state index contributed by atoms with van der Waals surface area (Å²) in [5.41, 5.74) is 5.27. The molecule has 1 atom stereocenters. The Morgan fingerprint density at radius 1 is 0.946 bits per heavy atom. The number of hydrogen-bond acceptors (Lipinski definition) is 12. The summed E-state index contributed by atoms with van der Waals surface area (Å²) in [6.07, 6.45) is 3.61. The van der Waals surface area contributed by atoms with Gasteiger partial charge >= 0.3 is 5.00 Å². The summed E-state index contributed by atoms with van der Waals surface area (Å²) < 4.78 is 2.03. The van der Waals surface area contributed by atoms with Crippen molar-refractivity contribution in [2.45, 2.75) is 72.8 Å². The monoisotopic (exact) mass is 816 g/mol. The third-order valence-electron chi connectivity index (χ3n) is 9.22. The number of amides is 3. The van der Waals surface area contributed by atoms with Crippen LogP contribution in [0.3, 0.4) is 0 Å². The molecular weight excluding hydrogens is 776 g/mol. The number of benzene rings is 2. The molecule has 0 aliphatic carbocycles. The number of nitrogens with zero attached hydrogens (tertiary/aromatic N) is 6. The first-order valence-corrected chi connectivity index (χ1v) is 20.0. The van der Waals surface area contributed by atoms with Crippen LogP contribution in [0.5, 0.6) is 0 Å². The van der Waals surface area contributed by atoms with Crippen LogP contribution in [0.4, 0.5) is 21.5 Å². The number of fused-ring (bicyclic) bond motifs is 3. The van der Waals surface area contributed by atoms with Gasteiger partial charge in [-0.25, -0.2) is 4.98 Å². The standard InChI is InChI=1S/C38H41ClN10O5S2/c1-20-22(3)55-37-32(20)33(25-10-12-26(39)13-11-25)44-30(34-47-46-23(4)48(34)37)19-31(51)41-17-9-7-6-8-16-40-27-14-15-28(29(18-27)43-24(5)50)35(52)45-38-42-21(2)36(56-38)49(53)54/h10-15,18,30,40H,6-9,16-17,19H2,1-5H3,(H,41,51)(H,43,50)(H,42,45,52)/t30-/m0/s1. The molecule has 2 aromatic carbocycles. The Balaban J connectivity index is 0.995. The van der Waals surface area contributed by atoms with Gasteiger partial charge in [-0.05, 0) is 87.8 Å². The van der Waals surface area contributed by atoms with Gasteiger partial charge in [0.2, 0.25) is 11.8 Å². The Labute approximate surface area is 336 Å². The van der Waals surface area contributed by atoms with Crippen LogP contribution in [0.1, 0.15) is 94.3 Å². The first-order valence-electron chi connectivity index (χ1n) is 18.0.